The minimum atomic E-state index is 0.228. The average molecular weight is 329 g/mol. The Labute approximate surface area is 145 Å². The molecule has 1 aromatic rings. The Morgan fingerprint density at radius 2 is 1.83 bits per heavy atom. The lowest BCUT2D eigenvalue weighted by atomic mass is 9.95. The van der Waals surface area contributed by atoms with Crippen molar-refractivity contribution in [1.82, 2.24) is 9.47 Å². The van der Waals surface area contributed by atoms with Crippen molar-refractivity contribution in [2.75, 3.05) is 13.1 Å². The van der Waals surface area contributed by atoms with E-state index in [1.165, 1.54) is 49.9 Å². The normalized spacial score (nSPS) is 30.8. The molecule has 3 fully saturated rings. The molecule has 1 aliphatic heterocycles. The first-order chi connectivity index (χ1) is 11.6. The summed E-state index contributed by atoms with van der Waals surface area (Å²) in [5.74, 6) is 1.38. The van der Waals surface area contributed by atoms with Crippen LogP contribution in [-0.4, -0.2) is 34.5 Å². The fraction of sp³-hybridized carbons (Fsp3) is 0.750. The van der Waals surface area contributed by atoms with E-state index in [0.29, 0.717) is 23.9 Å². The van der Waals surface area contributed by atoms with E-state index in [1.54, 1.807) is 0 Å². The first-order valence-electron chi connectivity index (χ1n) is 9.79. The van der Waals surface area contributed by atoms with Crippen molar-refractivity contribution in [2.45, 2.75) is 70.9 Å². The first-order valence-corrected chi connectivity index (χ1v) is 9.79. The lowest BCUT2D eigenvalue weighted by molar-refractivity contribution is 0.0778. The van der Waals surface area contributed by atoms with Gasteiger partial charge in [-0.3, -0.25) is 4.79 Å². The van der Waals surface area contributed by atoms with Gasteiger partial charge in [-0.2, -0.15) is 0 Å². The number of hydrogen-bond acceptors (Lipinski definition) is 2. The molecule has 0 bridgehead atoms. The second kappa shape index (κ2) is 6.21. The van der Waals surface area contributed by atoms with Crippen LogP contribution in [0.4, 0.5) is 0 Å². The standard InChI is InChI=1S/C20H31N3O/c1-13-10-17(14(2)23(13)16-6-4-3-5-7-16)20(24)22-11-15-8-9-19(21)18(15)12-22/h10,15-16,18-19H,3-9,11-12,21H2,1-2H3. The second-order valence-corrected chi connectivity index (χ2v) is 8.32. The van der Waals surface area contributed by atoms with Crippen LogP contribution in [0.15, 0.2) is 6.07 Å². The van der Waals surface area contributed by atoms with Gasteiger partial charge in [0.25, 0.3) is 5.91 Å². The highest BCUT2D eigenvalue weighted by molar-refractivity contribution is 5.96. The zero-order valence-corrected chi connectivity index (χ0v) is 15.1. The summed E-state index contributed by atoms with van der Waals surface area (Å²) in [6.07, 6.45) is 8.83. The van der Waals surface area contributed by atoms with Crippen molar-refractivity contribution in [1.29, 1.82) is 0 Å². The Morgan fingerprint density at radius 3 is 2.54 bits per heavy atom. The Hall–Kier alpha value is -1.29. The van der Waals surface area contributed by atoms with Crippen molar-refractivity contribution in [3.8, 4) is 0 Å². The molecule has 24 heavy (non-hydrogen) atoms. The Morgan fingerprint density at radius 1 is 1.08 bits per heavy atom. The van der Waals surface area contributed by atoms with Crippen LogP contribution in [0.1, 0.15) is 72.7 Å². The number of fused-ring (bicyclic) bond motifs is 1. The molecule has 0 spiro atoms. The zero-order valence-electron chi connectivity index (χ0n) is 15.1. The van der Waals surface area contributed by atoms with Crippen molar-refractivity contribution in [3.63, 3.8) is 0 Å². The molecule has 1 amide bonds. The Kier molecular flexibility index (Phi) is 4.19. The summed E-state index contributed by atoms with van der Waals surface area (Å²) in [7, 11) is 0. The van der Waals surface area contributed by atoms with Crippen LogP contribution < -0.4 is 5.73 Å². The summed E-state index contributed by atoms with van der Waals surface area (Å²) >= 11 is 0. The van der Waals surface area contributed by atoms with Gasteiger partial charge in [0.2, 0.25) is 0 Å². The van der Waals surface area contributed by atoms with E-state index in [9.17, 15) is 4.79 Å². The number of aromatic nitrogens is 1. The maximum atomic E-state index is 13.1. The number of rotatable bonds is 2. The highest BCUT2D eigenvalue weighted by atomic mass is 16.2. The van der Waals surface area contributed by atoms with Crippen LogP contribution in [0.3, 0.4) is 0 Å². The van der Waals surface area contributed by atoms with Crippen LogP contribution in [0.25, 0.3) is 0 Å². The maximum absolute atomic E-state index is 13.1. The van der Waals surface area contributed by atoms with Crippen molar-refractivity contribution < 1.29 is 4.79 Å². The molecule has 2 aliphatic carbocycles. The van der Waals surface area contributed by atoms with Crippen molar-refractivity contribution in [2.24, 2.45) is 17.6 Å². The van der Waals surface area contributed by atoms with Crippen LogP contribution >= 0.6 is 0 Å². The lowest BCUT2D eigenvalue weighted by Crippen LogP contribution is -2.33. The molecule has 2 heterocycles. The van der Waals surface area contributed by atoms with Crippen molar-refractivity contribution in [3.05, 3.63) is 23.0 Å². The predicted molar refractivity (Wildman–Crippen MR) is 96.1 cm³/mol. The molecule has 1 saturated heterocycles. The number of amides is 1. The summed E-state index contributed by atoms with van der Waals surface area (Å²) in [4.78, 5) is 15.2. The smallest absolute Gasteiger partial charge is 0.255 e. The average Bonchev–Trinajstić information content (AvgIpc) is 3.23. The molecular formula is C20H31N3O. The number of nitrogens with zero attached hydrogens (tertiary/aromatic N) is 2. The molecule has 1 aromatic heterocycles. The van der Waals surface area contributed by atoms with E-state index in [4.69, 9.17) is 5.73 Å². The number of carbonyl (C=O) groups is 1. The summed E-state index contributed by atoms with van der Waals surface area (Å²) in [5.41, 5.74) is 9.58. The molecule has 132 valence electrons. The minimum Gasteiger partial charge on any atom is -0.345 e. The topological polar surface area (TPSA) is 51.3 Å². The fourth-order valence-corrected chi connectivity index (χ4v) is 5.54. The summed E-state index contributed by atoms with van der Waals surface area (Å²) in [6, 6.07) is 3.01. The summed E-state index contributed by atoms with van der Waals surface area (Å²) in [6.45, 7) is 6.06. The van der Waals surface area contributed by atoms with Gasteiger partial charge in [0.15, 0.2) is 0 Å². The van der Waals surface area contributed by atoms with E-state index in [1.807, 2.05) is 0 Å². The van der Waals surface area contributed by atoms with Crippen LogP contribution in [0, 0.1) is 25.7 Å². The number of nitrogens with two attached hydrogens (primary N) is 1. The van der Waals surface area contributed by atoms with Gasteiger partial charge in [0, 0.05) is 36.6 Å². The Bertz CT molecular complexity index is 629. The van der Waals surface area contributed by atoms with Gasteiger partial charge in [0.1, 0.15) is 0 Å². The van der Waals surface area contributed by atoms with Crippen molar-refractivity contribution >= 4 is 5.91 Å². The lowest BCUT2D eigenvalue weighted by Gasteiger charge is -2.26. The van der Waals surface area contributed by atoms with Crippen LogP contribution in [0.2, 0.25) is 0 Å². The number of carbonyl (C=O) groups excluding carboxylic acids is 1. The SMILES string of the molecule is Cc1cc(C(=O)N2CC3CCC(N)C3C2)c(C)n1C1CCCCC1. The van der Waals surface area contributed by atoms with E-state index < -0.39 is 0 Å². The molecular weight excluding hydrogens is 298 g/mol. The van der Waals surface area contributed by atoms with Gasteiger partial charge in [-0.05, 0) is 57.4 Å². The van der Waals surface area contributed by atoms with E-state index in [0.717, 1.165) is 25.1 Å². The summed E-state index contributed by atoms with van der Waals surface area (Å²) < 4.78 is 2.44. The van der Waals surface area contributed by atoms with Gasteiger partial charge >= 0.3 is 0 Å². The molecule has 0 radical (unpaired) electrons. The van der Waals surface area contributed by atoms with Gasteiger partial charge in [-0.25, -0.2) is 0 Å². The van der Waals surface area contributed by atoms with Gasteiger partial charge in [-0.15, -0.1) is 0 Å². The largest absolute Gasteiger partial charge is 0.345 e. The molecule has 4 nitrogen and oxygen atoms in total. The monoisotopic (exact) mass is 329 g/mol. The number of aryl methyl sites for hydroxylation is 1. The van der Waals surface area contributed by atoms with Crippen LogP contribution in [0.5, 0.6) is 0 Å². The third kappa shape index (κ3) is 2.59. The molecule has 3 atom stereocenters. The molecule has 2 saturated carbocycles. The fourth-order valence-electron chi connectivity index (χ4n) is 5.54. The molecule has 4 heteroatoms. The Balaban J connectivity index is 1.55. The molecule has 3 aliphatic rings. The highest BCUT2D eigenvalue weighted by Gasteiger charge is 2.43. The number of likely N-dealkylation sites (tertiary alicyclic amines) is 1. The third-order valence-electron chi connectivity index (χ3n) is 6.85. The molecule has 2 N–H and O–H groups in total. The van der Waals surface area contributed by atoms with Gasteiger partial charge < -0.3 is 15.2 Å². The third-order valence-corrected chi connectivity index (χ3v) is 6.85. The number of hydrogen-bond donors (Lipinski definition) is 1. The summed E-state index contributed by atoms with van der Waals surface area (Å²) in [5, 5.41) is 0. The zero-order chi connectivity index (χ0) is 16.8. The van der Waals surface area contributed by atoms with Gasteiger partial charge in [-0.1, -0.05) is 19.3 Å². The quantitative estimate of drug-likeness (QED) is 0.904. The predicted octanol–water partition coefficient (Wildman–Crippen LogP) is 3.42. The van der Waals surface area contributed by atoms with E-state index in [2.05, 4.69) is 29.4 Å². The second-order valence-electron chi connectivity index (χ2n) is 8.32. The maximum Gasteiger partial charge on any atom is 0.255 e. The molecule has 3 unspecified atom stereocenters. The van der Waals surface area contributed by atoms with E-state index >= 15 is 0 Å². The molecule has 4 rings (SSSR count). The van der Waals surface area contributed by atoms with Crippen LogP contribution in [-0.2, 0) is 0 Å². The highest BCUT2D eigenvalue weighted by Crippen LogP contribution is 2.38. The van der Waals surface area contributed by atoms with E-state index in [-0.39, 0.29) is 5.91 Å². The van der Waals surface area contributed by atoms with Gasteiger partial charge in [0.05, 0.1) is 5.56 Å². The molecule has 0 aromatic carbocycles. The first kappa shape index (κ1) is 16.2. The minimum absolute atomic E-state index is 0.228.